The van der Waals surface area contributed by atoms with Crippen molar-refractivity contribution in [3.8, 4) is 11.1 Å². The molecule has 0 saturated carbocycles. The number of aliphatic hydroxyl groups is 1. The molecular formula is C13H16N4OS. The quantitative estimate of drug-likeness (QED) is 0.874. The van der Waals surface area contributed by atoms with Crippen molar-refractivity contribution in [1.82, 2.24) is 9.36 Å². The van der Waals surface area contributed by atoms with Crippen molar-refractivity contribution < 1.29 is 5.11 Å². The van der Waals surface area contributed by atoms with Crippen LogP contribution in [0.2, 0.25) is 0 Å². The first-order valence-electron chi connectivity index (χ1n) is 6.34. The number of hydrogen-bond acceptors (Lipinski definition) is 6. The zero-order chi connectivity index (χ0) is 13.2. The van der Waals surface area contributed by atoms with Gasteiger partial charge in [0.25, 0.3) is 0 Å². The Hall–Kier alpha value is -1.66. The lowest BCUT2D eigenvalue weighted by Crippen LogP contribution is -2.38. The summed E-state index contributed by atoms with van der Waals surface area (Å²) < 4.78 is 4.26. The zero-order valence-corrected chi connectivity index (χ0v) is 11.3. The number of nitrogens with zero attached hydrogens (tertiary/aromatic N) is 3. The molecule has 3 heterocycles. The van der Waals surface area contributed by atoms with Crippen LogP contribution in [0.1, 0.15) is 12.8 Å². The van der Waals surface area contributed by atoms with E-state index in [1.807, 2.05) is 12.1 Å². The molecule has 3 rings (SSSR count). The molecule has 1 fully saturated rings. The molecule has 3 N–H and O–H groups in total. The highest BCUT2D eigenvalue weighted by molar-refractivity contribution is 7.11. The monoisotopic (exact) mass is 276 g/mol. The van der Waals surface area contributed by atoms with Crippen LogP contribution in [0.4, 0.5) is 10.8 Å². The normalized spacial score (nSPS) is 19.6. The van der Waals surface area contributed by atoms with Crippen molar-refractivity contribution >= 4 is 22.4 Å². The number of pyridine rings is 1. The third-order valence-corrected chi connectivity index (χ3v) is 4.26. The van der Waals surface area contributed by atoms with Crippen molar-refractivity contribution in [1.29, 1.82) is 0 Å². The van der Waals surface area contributed by atoms with E-state index in [1.54, 1.807) is 12.4 Å². The van der Waals surface area contributed by atoms with Crippen molar-refractivity contribution in [3.05, 3.63) is 24.5 Å². The summed E-state index contributed by atoms with van der Waals surface area (Å²) >= 11 is 1.39. The summed E-state index contributed by atoms with van der Waals surface area (Å²) in [6.45, 7) is 1.58. The number of nitrogen functional groups attached to an aromatic ring is 1. The van der Waals surface area contributed by atoms with Crippen LogP contribution in [-0.2, 0) is 0 Å². The highest BCUT2D eigenvalue weighted by atomic mass is 32.1. The van der Waals surface area contributed by atoms with Gasteiger partial charge in [-0.1, -0.05) is 6.07 Å². The maximum Gasteiger partial charge on any atom is 0.147 e. The van der Waals surface area contributed by atoms with Gasteiger partial charge in [-0.25, -0.2) is 0 Å². The summed E-state index contributed by atoms with van der Waals surface area (Å²) in [5, 5.41) is 10.8. The number of piperidine rings is 1. The molecule has 0 spiro atoms. The van der Waals surface area contributed by atoms with Crippen molar-refractivity contribution in [2.45, 2.75) is 18.9 Å². The van der Waals surface area contributed by atoms with E-state index >= 15 is 0 Å². The average molecular weight is 276 g/mol. The molecule has 1 aliphatic rings. The molecule has 6 heteroatoms. The molecular weight excluding hydrogens is 260 g/mol. The number of β-amino-alcohol motifs (C(OH)–C–C–N with tert-alkyl or cyclic N) is 1. The van der Waals surface area contributed by atoms with Gasteiger partial charge in [-0.3, -0.25) is 4.98 Å². The molecule has 100 valence electrons. The van der Waals surface area contributed by atoms with Gasteiger partial charge in [0.15, 0.2) is 0 Å². The first-order valence-corrected chi connectivity index (χ1v) is 7.11. The minimum atomic E-state index is -0.265. The van der Waals surface area contributed by atoms with Crippen LogP contribution in [0, 0.1) is 0 Å². The Morgan fingerprint density at radius 2 is 2.37 bits per heavy atom. The Kier molecular flexibility index (Phi) is 3.35. The van der Waals surface area contributed by atoms with Crippen LogP contribution in [0.3, 0.4) is 0 Å². The molecule has 5 nitrogen and oxygen atoms in total. The fourth-order valence-electron chi connectivity index (χ4n) is 2.43. The molecule has 0 amide bonds. The van der Waals surface area contributed by atoms with Gasteiger partial charge in [-0.05, 0) is 30.4 Å². The van der Waals surface area contributed by atoms with Gasteiger partial charge in [0, 0.05) is 31.0 Å². The fraction of sp³-hybridized carbons (Fsp3) is 0.385. The summed E-state index contributed by atoms with van der Waals surface area (Å²) in [5.41, 5.74) is 7.91. The largest absolute Gasteiger partial charge is 0.391 e. The Morgan fingerprint density at radius 1 is 1.47 bits per heavy atom. The van der Waals surface area contributed by atoms with Crippen LogP contribution in [-0.4, -0.2) is 33.7 Å². The van der Waals surface area contributed by atoms with Crippen LogP contribution >= 0.6 is 11.5 Å². The van der Waals surface area contributed by atoms with Gasteiger partial charge in [0.2, 0.25) is 0 Å². The second-order valence-electron chi connectivity index (χ2n) is 4.73. The summed E-state index contributed by atoms with van der Waals surface area (Å²) in [5.74, 6) is 0.535. The van der Waals surface area contributed by atoms with Crippen LogP contribution in [0.25, 0.3) is 11.1 Å². The summed E-state index contributed by atoms with van der Waals surface area (Å²) in [6, 6.07) is 3.87. The minimum Gasteiger partial charge on any atom is -0.391 e. The van der Waals surface area contributed by atoms with Gasteiger partial charge in [-0.2, -0.15) is 4.37 Å². The van der Waals surface area contributed by atoms with Crippen molar-refractivity contribution in [2.24, 2.45) is 0 Å². The van der Waals surface area contributed by atoms with Crippen molar-refractivity contribution in [2.75, 3.05) is 23.7 Å². The van der Waals surface area contributed by atoms with Crippen LogP contribution < -0.4 is 10.6 Å². The predicted molar refractivity (Wildman–Crippen MR) is 77.2 cm³/mol. The molecule has 0 aromatic carbocycles. The van der Waals surface area contributed by atoms with E-state index in [0.717, 1.165) is 35.5 Å². The molecule has 0 bridgehead atoms. The maximum atomic E-state index is 9.81. The summed E-state index contributed by atoms with van der Waals surface area (Å²) in [4.78, 5) is 6.31. The topological polar surface area (TPSA) is 75.3 Å². The number of nitrogens with two attached hydrogens (primary N) is 1. The highest BCUT2D eigenvalue weighted by Gasteiger charge is 2.24. The Morgan fingerprint density at radius 3 is 3.11 bits per heavy atom. The van der Waals surface area contributed by atoms with E-state index in [-0.39, 0.29) is 6.10 Å². The maximum absolute atomic E-state index is 9.81. The Balaban J connectivity index is 1.99. The third kappa shape index (κ3) is 2.41. The molecule has 1 aliphatic heterocycles. The molecule has 0 aliphatic carbocycles. The lowest BCUT2D eigenvalue weighted by Gasteiger charge is -2.31. The highest BCUT2D eigenvalue weighted by Crippen LogP contribution is 2.39. The molecule has 1 unspecified atom stereocenters. The van der Waals surface area contributed by atoms with E-state index in [4.69, 9.17) is 5.73 Å². The molecule has 2 aromatic rings. The second kappa shape index (κ2) is 5.14. The lowest BCUT2D eigenvalue weighted by atomic mass is 10.1. The van der Waals surface area contributed by atoms with E-state index in [9.17, 15) is 5.11 Å². The smallest absolute Gasteiger partial charge is 0.147 e. The third-order valence-electron chi connectivity index (χ3n) is 3.33. The molecule has 0 radical (unpaired) electrons. The average Bonchev–Trinajstić information content (AvgIpc) is 2.82. The molecule has 1 atom stereocenters. The first kappa shape index (κ1) is 12.4. The van der Waals surface area contributed by atoms with Crippen LogP contribution in [0.15, 0.2) is 24.5 Å². The number of rotatable bonds is 2. The lowest BCUT2D eigenvalue weighted by molar-refractivity contribution is 0.154. The fourth-order valence-corrected chi connectivity index (χ4v) is 3.30. The molecule has 2 aromatic heterocycles. The van der Waals surface area contributed by atoms with Crippen molar-refractivity contribution in [3.63, 3.8) is 0 Å². The summed E-state index contributed by atoms with van der Waals surface area (Å²) in [6.07, 6.45) is 5.13. The SMILES string of the molecule is Nc1nsc(N2CCCC(O)C2)c1-c1cccnc1. The van der Waals surface area contributed by atoms with E-state index in [0.29, 0.717) is 12.4 Å². The van der Waals surface area contributed by atoms with Crippen LogP contribution in [0.5, 0.6) is 0 Å². The molecule has 19 heavy (non-hydrogen) atoms. The van der Waals surface area contributed by atoms with Gasteiger partial charge >= 0.3 is 0 Å². The number of hydrogen-bond donors (Lipinski definition) is 2. The molecule has 1 saturated heterocycles. The van der Waals surface area contributed by atoms with E-state index < -0.39 is 0 Å². The van der Waals surface area contributed by atoms with Gasteiger partial charge in [-0.15, -0.1) is 0 Å². The van der Waals surface area contributed by atoms with E-state index in [1.165, 1.54) is 11.5 Å². The second-order valence-corrected chi connectivity index (χ2v) is 5.48. The number of anilines is 2. The standard InChI is InChI=1S/C13H16N4OS/c14-12-11(9-3-1-5-15-7-9)13(19-16-12)17-6-2-4-10(18)8-17/h1,3,5,7,10,18H,2,4,6,8H2,(H2,14,16). The zero-order valence-electron chi connectivity index (χ0n) is 10.5. The number of aromatic nitrogens is 2. The van der Waals surface area contributed by atoms with E-state index in [2.05, 4.69) is 14.3 Å². The predicted octanol–water partition coefficient (Wildman–Crippen LogP) is 1.75. The van der Waals surface area contributed by atoms with Gasteiger partial charge in [0.1, 0.15) is 10.8 Å². The minimum absolute atomic E-state index is 0.265. The number of aliphatic hydroxyl groups excluding tert-OH is 1. The Labute approximate surface area is 115 Å². The van der Waals surface area contributed by atoms with Gasteiger partial charge < -0.3 is 15.7 Å². The summed E-state index contributed by atoms with van der Waals surface area (Å²) in [7, 11) is 0. The first-order chi connectivity index (χ1) is 9.25. The van der Waals surface area contributed by atoms with Gasteiger partial charge in [0.05, 0.1) is 11.7 Å². The Bertz CT molecular complexity index is 557.